The van der Waals surface area contributed by atoms with Crippen LogP contribution in [0.25, 0.3) is 0 Å². The van der Waals surface area contributed by atoms with Gasteiger partial charge < -0.3 is 9.47 Å². The largest absolute Gasteiger partial charge is 0.497 e. The molecule has 0 bridgehead atoms. The molecule has 0 fully saturated rings. The van der Waals surface area contributed by atoms with Crippen molar-refractivity contribution in [3.63, 3.8) is 0 Å². The molecule has 0 saturated carbocycles. The molecule has 0 atom stereocenters. The normalized spacial score (nSPS) is 9.57. The van der Waals surface area contributed by atoms with Crippen LogP contribution < -0.4 is 9.47 Å². The smallest absolute Gasteiger partial charge is 0.120 e. The number of benzene rings is 1. The lowest BCUT2D eigenvalue weighted by atomic mass is 10.3. The predicted octanol–water partition coefficient (Wildman–Crippen LogP) is 3.03. The molecule has 0 spiro atoms. The molecule has 1 aromatic rings. The van der Waals surface area contributed by atoms with Crippen molar-refractivity contribution in [1.29, 1.82) is 0 Å². The fourth-order valence-electron chi connectivity index (χ4n) is 0.896. The van der Waals surface area contributed by atoms with Crippen LogP contribution in [0.3, 0.4) is 0 Å². The lowest BCUT2D eigenvalue weighted by Crippen LogP contribution is -2.00. The van der Waals surface area contributed by atoms with E-state index < -0.39 is 0 Å². The van der Waals surface area contributed by atoms with Gasteiger partial charge in [0, 0.05) is 5.33 Å². The minimum Gasteiger partial charge on any atom is -0.497 e. The summed E-state index contributed by atoms with van der Waals surface area (Å²) < 4.78 is 10.5. The van der Waals surface area contributed by atoms with Gasteiger partial charge in [0.05, 0.1) is 7.11 Å². The molecule has 1 rings (SSSR count). The maximum absolute atomic E-state index is 5.47. The fourth-order valence-corrected chi connectivity index (χ4v) is 1.06. The Balaban J connectivity index is 2.47. The van der Waals surface area contributed by atoms with E-state index >= 15 is 0 Å². The van der Waals surface area contributed by atoms with Crippen molar-refractivity contribution in [3.05, 3.63) is 36.4 Å². The van der Waals surface area contributed by atoms with Gasteiger partial charge in [-0.3, -0.25) is 0 Å². The van der Waals surface area contributed by atoms with Gasteiger partial charge in [-0.15, -0.1) is 0 Å². The molecule has 0 heterocycles. The highest BCUT2D eigenvalue weighted by molar-refractivity contribution is 9.09. The van der Waals surface area contributed by atoms with E-state index in [4.69, 9.17) is 9.47 Å². The van der Waals surface area contributed by atoms with E-state index in [2.05, 4.69) is 22.5 Å². The molecule has 3 heteroatoms. The Morgan fingerprint density at radius 2 is 1.86 bits per heavy atom. The van der Waals surface area contributed by atoms with Crippen molar-refractivity contribution in [2.75, 3.05) is 19.0 Å². The maximum atomic E-state index is 5.47. The molecule has 1 aromatic carbocycles. The van der Waals surface area contributed by atoms with Crippen molar-refractivity contribution in [2.24, 2.45) is 0 Å². The molecule has 2 nitrogen and oxygen atoms in total. The molecule has 0 aliphatic heterocycles. The second kappa shape index (κ2) is 5.70. The summed E-state index contributed by atoms with van der Waals surface area (Å²) in [5.74, 6) is 1.66. The summed E-state index contributed by atoms with van der Waals surface area (Å²) in [5.41, 5.74) is 1.01. The zero-order valence-electron chi connectivity index (χ0n) is 8.13. The summed E-state index contributed by atoms with van der Waals surface area (Å²) in [6.07, 6.45) is 0. The molecule has 0 saturated heterocycles. The lowest BCUT2D eigenvalue weighted by molar-refractivity contribution is 0.352. The molecular formula is C11H13BrO2. The molecule has 0 aliphatic rings. The molecule has 0 aromatic heterocycles. The van der Waals surface area contributed by atoms with Gasteiger partial charge in [0.25, 0.3) is 0 Å². The van der Waals surface area contributed by atoms with E-state index in [-0.39, 0.29) is 0 Å². The van der Waals surface area contributed by atoms with Crippen LogP contribution in [0.1, 0.15) is 0 Å². The summed E-state index contributed by atoms with van der Waals surface area (Å²) >= 11 is 3.31. The van der Waals surface area contributed by atoms with Crippen LogP contribution in [-0.4, -0.2) is 19.0 Å². The number of rotatable bonds is 5. The van der Waals surface area contributed by atoms with Gasteiger partial charge in [0.2, 0.25) is 0 Å². The maximum Gasteiger partial charge on any atom is 0.120 e. The Morgan fingerprint density at radius 1 is 1.29 bits per heavy atom. The van der Waals surface area contributed by atoms with E-state index in [1.54, 1.807) is 7.11 Å². The summed E-state index contributed by atoms with van der Waals surface area (Å²) in [7, 11) is 1.64. The number of methoxy groups -OCH3 is 1. The summed E-state index contributed by atoms with van der Waals surface area (Å²) in [5, 5.41) is 0.767. The van der Waals surface area contributed by atoms with E-state index in [1.165, 1.54) is 0 Å². The minimum atomic E-state index is 0.539. The highest BCUT2D eigenvalue weighted by atomic mass is 79.9. The quantitative estimate of drug-likeness (QED) is 0.596. The Morgan fingerprint density at radius 3 is 2.36 bits per heavy atom. The fraction of sp³-hybridized carbons (Fsp3) is 0.273. The van der Waals surface area contributed by atoms with E-state index in [0.29, 0.717) is 6.61 Å². The van der Waals surface area contributed by atoms with Crippen LogP contribution in [0, 0.1) is 0 Å². The second-order valence-electron chi connectivity index (χ2n) is 2.85. The summed E-state index contributed by atoms with van der Waals surface area (Å²) in [6, 6.07) is 7.49. The first-order valence-electron chi connectivity index (χ1n) is 4.25. The Labute approximate surface area is 92.7 Å². The zero-order chi connectivity index (χ0) is 10.4. The van der Waals surface area contributed by atoms with Gasteiger partial charge in [-0.1, -0.05) is 22.5 Å². The number of halogens is 1. The first kappa shape index (κ1) is 11.1. The highest BCUT2D eigenvalue weighted by Crippen LogP contribution is 2.17. The van der Waals surface area contributed by atoms with Crippen LogP contribution in [0.15, 0.2) is 36.4 Å². The molecule has 0 aliphatic carbocycles. The van der Waals surface area contributed by atoms with Crippen molar-refractivity contribution in [2.45, 2.75) is 0 Å². The molecule has 0 unspecified atom stereocenters. The van der Waals surface area contributed by atoms with Crippen molar-refractivity contribution in [3.8, 4) is 11.5 Å². The number of ether oxygens (including phenoxy) is 2. The third-order valence-electron chi connectivity index (χ3n) is 1.69. The van der Waals surface area contributed by atoms with Crippen LogP contribution in [-0.2, 0) is 0 Å². The van der Waals surface area contributed by atoms with Crippen LogP contribution in [0.4, 0.5) is 0 Å². The standard InChI is InChI=1S/C11H13BrO2/c1-9(7-12)8-14-11-5-3-10(13-2)4-6-11/h3-6H,1,7-8H2,2H3. The van der Waals surface area contributed by atoms with E-state index in [1.807, 2.05) is 24.3 Å². The number of alkyl halides is 1. The Hall–Kier alpha value is -0.960. The monoisotopic (exact) mass is 256 g/mol. The predicted molar refractivity (Wildman–Crippen MR) is 61.4 cm³/mol. The third-order valence-corrected chi connectivity index (χ3v) is 2.48. The zero-order valence-corrected chi connectivity index (χ0v) is 9.71. The van der Waals surface area contributed by atoms with Gasteiger partial charge in [0.15, 0.2) is 0 Å². The summed E-state index contributed by atoms with van der Waals surface area (Å²) in [4.78, 5) is 0. The van der Waals surface area contributed by atoms with E-state index in [9.17, 15) is 0 Å². The molecule has 0 N–H and O–H groups in total. The number of hydrogen-bond acceptors (Lipinski definition) is 2. The van der Waals surface area contributed by atoms with Gasteiger partial charge in [-0.2, -0.15) is 0 Å². The highest BCUT2D eigenvalue weighted by Gasteiger charge is 1.96. The Bertz CT molecular complexity index is 293. The first-order valence-corrected chi connectivity index (χ1v) is 5.38. The topological polar surface area (TPSA) is 18.5 Å². The molecule has 0 radical (unpaired) electrons. The van der Waals surface area contributed by atoms with Crippen LogP contribution in [0.2, 0.25) is 0 Å². The molecule has 0 amide bonds. The van der Waals surface area contributed by atoms with Crippen molar-refractivity contribution >= 4 is 15.9 Å². The van der Waals surface area contributed by atoms with Crippen molar-refractivity contribution < 1.29 is 9.47 Å². The minimum absolute atomic E-state index is 0.539. The summed E-state index contributed by atoms with van der Waals surface area (Å²) in [6.45, 7) is 4.36. The van der Waals surface area contributed by atoms with Gasteiger partial charge in [-0.05, 0) is 29.8 Å². The second-order valence-corrected chi connectivity index (χ2v) is 3.41. The Kier molecular flexibility index (Phi) is 4.53. The molecule has 76 valence electrons. The van der Waals surface area contributed by atoms with Gasteiger partial charge in [-0.25, -0.2) is 0 Å². The SMILES string of the molecule is C=C(CBr)COc1ccc(OC)cc1. The first-order chi connectivity index (χ1) is 6.76. The van der Waals surface area contributed by atoms with E-state index in [0.717, 1.165) is 22.4 Å². The van der Waals surface area contributed by atoms with Crippen LogP contribution in [0.5, 0.6) is 11.5 Å². The average molecular weight is 257 g/mol. The third kappa shape index (κ3) is 3.42. The van der Waals surface area contributed by atoms with Crippen LogP contribution >= 0.6 is 15.9 Å². The molecular weight excluding hydrogens is 244 g/mol. The number of hydrogen-bond donors (Lipinski definition) is 0. The van der Waals surface area contributed by atoms with Gasteiger partial charge >= 0.3 is 0 Å². The molecule has 14 heavy (non-hydrogen) atoms. The van der Waals surface area contributed by atoms with Crippen molar-refractivity contribution in [1.82, 2.24) is 0 Å². The lowest BCUT2D eigenvalue weighted by Gasteiger charge is -2.07. The average Bonchev–Trinajstić information content (AvgIpc) is 2.26. The van der Waals surface area contributed by atoms with Gasteiger partial charge in [0.1, 0.15) is 18.1 Å².